The third kappa shape index (κ3) is 10.2. The van der Waals surface area contributed by atoms with Gasteiger partial charge in [-0.3, -0.25) is 27.8 Å². The second-order valence-electron chi connectivity index (χ2n) is 10.0. The summed E-state index contributed by atoms with van der Waals surface area (Å²) in [4.78, 5) is 22.3. The number of phenols is 2. The van der Waals surface area contributed by atoms with E-state index in [1.807, 2.05) is 0 Å². The maximum atomic E-state index is 12.7. The first-order chi connectivity index (χ1) is 22.9. The standard InChI is InChI=1S/C28H22N2O16S4.Na/c31-23-9-7-19(47(35,36)37)13-21(23)27(33)29-17-5-3-15(25(11-17)49(41,42)43)1-2-16-4-6-18(12-26(16)50(44,45)46)30-28(34)22-14-20(48(38,39)40)8-10-24(22)32;/h1-14,31-32H,(H,29,33)(H,30,34)(H,35,36,37)(H,38,39,40)(H,41,42,43)(H,44,45,46);. The molecule has 0 unspecified atom stereocenters. The molecule has 4 rings (SSSR count). The molecule has 2 amide bonds. The summed E-state index contributed by atoms with van der Waals surface area (Å²) in [5.41, 5.74) is -2.40. The van der Waals surface area contributed by atoms with Gasteiger partial charge in [-0.05, 0) is 71.8 Å². The second-order valence-corrected chi connectivity index (χ2v) is 15.6. The molecule has 0 fully saturated rings. The largest absolute Gasteiger partial charge is 0.507 e. The number of aromatic hydroxyl groups is 2. The van der Waals surface area contributed by atoms with Crippen LogP contribution in [-0.2, 0) is 40.5 Å². The Bertz CT molecular complexity index is 2380. The number of carbonyl (C=O) groups excluding carboxylic acids is 2. The van der Waals surface area contributed by atoms with Crippen LogP contribution >= 0.6 is 0 Å². The average Bonchev–Trinajstić information content (AvgIpc) is 2.99. The summed E-state index contributed by atoms with van der Waals surface area (Å²) in [6, 6.07) is 10.4. The summed E-state index contributed by atoms with van der Waals surface area (Å²) in [5.74, 6) is -3.70. The van der Waals surface area contributed by atoms with Crippen molar-refractivity contribution in [1.82, 2.24) is 0 Å². The van der Waals surface area contributed by atoms with E-state index in [2.05, 4.69) is 10.6 Å². The van der Waals surface area contributed by atoms with E-state index in [4.69, 9.17) is 0 Å². The fraction of sp³-hybridized carbons (Fsp3) is 0. The van der Waals surface area contributed by atoms with Gasteiger partial charge in [-0.15, -0.1) is 0 Å². The van der Waals surface area contributed by atoms with Crippen LogP contribution in [0, 0.1) is 0 Å². The minimum atomic E-state index is -5.05. The monoisotopic (exact) mass is 793 g/mol. The van der Waals surface area contributed by atoms with Crippen LogP contribution in [-0.4, -0.2) is 103 Å². The van der Waals surface area contributed by atoms with E-state index in [1.165, 1.54) is 0 Å². The number of phenolic OH excluding ortho intramolecular Hbond substituents is 2. The Balaban J connectivity index is 0.00000702. The predicted octanol–water partition coefficient (Wildman–Crippen LogP) is 2.38. The molecule has 4 aromatic rings. The topological polar surface area (TPSA) is 316 Å². The number of hydrogen-bond donors (Lipinski definition) is 8. The summed E-state index contributed by atoms with van der Waals surface area (Å²) < 4.78 is 133. The fourth-order valence-electron chi connectivity index (χ4n) is 4.24. The number of amides is 2. The second kappa shape index (κ2) is 15.2. The minimum Gasteiger partial charge on any atom is -0.507 e. The molecule has 0 aromatic heterocycles. The van der Waals surface area contributed by atoms with E-state index in [-0.39, 0.29) is 52.1 Å². The van der Waals surface area contributed by atoms with Gasteiger partial charge in [0.05, 0.1) is 20.9 Å². The zero-order valence-electron chi connectivity index (χ0n) is 25.5. The van der Waals surface area contributed by atoms with E-state index in [9.17, 15) is 71.7 Å². The fourth-order valence-corrected chi connectivity index (χ4v) is 6.67. The van der Waals surface area contributed by atoms with Gasteiger partial charge in [0.2, 0.25) is 0 Å². The van der Waals surface area contributed by atoms with Crippen LogP contribution in [0.15, 0.2) is 92.4 Å². The first-order valence-electron chi connectivity index (χ1n) is 13.1. The van der Waals surface area contributed by atoms with E-state index in [0.29, 0.717) is 12.1 Å². The normalized spacial score (nSPS) is 12.2. The van der Waals surface area contributed by atoms with E-state index < -0.39 is 94.5 Å². The van der Waals surface area contributed by atoms with Crippen LogP contribution < -0.4 is 10.6 Å². The molecule has 18 nitrogen and oxygen atoms in total. The molecule has 23 heteroatoms. The quantitative estimate of drug-likeness (QED) is 0.0649. The predicted molar refractivity (Wildman–Crippen MR) is 179 cm³/mol. The maximum Gasteiger partial charge on any atom is 0.295 e. The van der Waals surface area contributed by atoms with Crippen molar-refractivity contribution in [2.45, 2.75) is 19.6 Å². The molecule has 1 radical (unpaired) electrons. The van der Waals surface area contributed by atoms with Crippen LogP contribution in [0.1, 0.15) is 31.8 Å². The Morgan fingerprint density at radius 1 is 0.490 bits per heavy atom. The summed E-state index contributed by atoms with van der Waals surface area (Å²) in [6.45, 7) is 0. The van der Waals surface area contributed by atoms with Crippen LogP contribution in [0.5, 0.6) is 11.5 Å². The van der Waals surface area contributed by atoms with Gasteiger partial charge < -0.3 is 20.8 Å². The van der Waals surface area contributed by atoms with Gasteiger partial charge >= 0.3 is 0 Å². The molecule has 0 heterocycles. The van der Waals surface area contributed by atoms with Crippen molar-refractivity contribution in [3.05, 3.63) is 95.1 Å². The summed E-state index contributed by atoms with van der Waals surface area (Å²) >= 11 is 0. The molecule has 8 N–H and O–H groups in total. The first-order valence-corrected chi connectivity index (χ1v) is 18.9. The Kier molecular flexibility index (Phi) is 12.3. The molecule has 265 valence electrons. The summed E-state index contributed by atoms with van der Waals surface area (Å²) in [7, 11) is -19.6. The number of rotatable bonds is 10. The number of carbonyl (C=O) groups is 2. The van der Waals surface area contributed by atoms with Gasteiger partial charge in [-0.2, -0.15) is 33.7 Å². The Morgan fingerprint density at radius 2 is 0.824 bits per heavy atom. The minimum absolute atomic E-state index is 0. The number of nitrogens with one attached hydrogen (secondary N) is 2. The molecular weight excluding hydrogens is 772 g/mol. The molecule has 0 aliphatic carbocycles. The van der Waals surface area contributed by atoms with Gasteiger partial charge in [0.15, 0.2) is 0 Å². The molecule has 0 saturated carbocycles. The zero-order valence-corrected chi connectivity index (χ0v) is 30.7. The number of anilines is 2. The van der Waals surface area contributed by atoms with Crippen molar-refractivity contribution >= 4 is 105 Å². The molecule has 4 aromatic carbocycles. The summed E-state index contributed by atoms with van der Waals surface area (Å²) in [5, 5.41) is 24.4. The molecule has 0 atom stereocenters. The van der Waals surface area contributed by atoms with Crippen molar-refractivity contribution in [2.24, 2.45) is 0 Å². The molecule has 0 saturated heterocycles. The molecule has 0 aliphatic rings. The molecule has 51 heavy (non-hydrogen) atoms. The van der Waals surface area contributed by atoms with E-state index >= 15 is 0 Å². The SMILES string of the molecule is O=C(Nc1ccc(C=Cc2ccc(NC(=O)c3cc(S(=O)(=O)O)ccc3O)cc2S(=O)(=O)O)c(S(=O)(=O)O)c1)c1cc(S(=O)(=O)O)ccc1O.[Na]. The maximum absolute atomic E-state index is 12.7. The Morgan fingerprint density at radius 3 is 1.12 bits per heavy atom. The number of hydrogen-bond acceptors (Lipinski definition) is 12. The van der Waals surface area contributed by atoms with Crippen molar-refractivity contribution in [1.29, 1.82) is 0 Å². The van der Waals surface area contributed by atoms with Crippen LogP contribution in [0.25, 0.3) is 12.2 Å². The first kappa shape index (κ1) is 41.2. The van der Waals surface area contributed by atoms with E-state index in [1.54, 1.807) is 0 Å². The Hall–Kier alpha value is -4.20. The van der Waals surface area contributed by atoms with Crippen molar-refractivity contribution < 1.29 is 71.7 Å². The smallest absolute Gasteiger partial charge is 0.295 e. The van der Waals surface area contributed by atoms with Crippen molar-refractivity contribution in [3.8, 4) is 11.5 Å². The zero-order chi connectivity index (χ0) is 37.4. The van der Waals surface area contributed by atoms with Gasteiger partial charge in [0.1, 0.15) is 21.3 Å². The third-order valence-corrected chi connectivity index (χ3v) is 10.1. The van der Waals surface area contributed by atoms with Crippen LogP contribution in [0.4, 0.5) is 11.4 Å². The van der Waals surface area contributed by atoms with Crippen LogP contribution in [0.2, 0.25) is 0 Å². The molecule has 0 bridgehead atoms. The third-order valence-electron chi connectivity index (χ3n) is 6.56. The summed E-state index contributed by atoms with van der Waals surface area (Å²) in [6.07, 6.45) is 1.99. The van der Waals surface area contributed by atoms with Gasteiger partial charge in [-0.25, -0.2) is 0 Å². The number of benzene rings is 4. The van der Waals surface area contributed by atoms with Crippen LogP contribution in [0.3, 0.4) is 0 Å². The van der Waals surface area contributed by atoms with Gasteiger partial charge in [0, 0.05) is 40.9 Å². The van der Waals surface area contributed by atoms with Crippen molar-refractivity contribution in [3.63, 3.8) is 0 Å². The molecular formula is C28H22N2NaO16S4. The molecule has 0 spiro atoms. The molecule has 0 aliphatic heterocycles. The van der Waals surface area contributed by atoms with Gasteiger partial charge in [0.25, 0.3) is 52.3 Å². The van der Waals surface area contributed by atoms with Gasteiger partial charge in [-0.1, -0.05) is 24.3 Å². The van der Waals surface area contributed by atoms with E-state index in [0.717, 1.165) is 72.8 Å². The Labute approximate surface area is 311 Å². The van der Waals surface area contributed by atoms with Crippen molar-refractivity contribution in [2.75, 3.05) is 10.6 Å². The average molecular weight is 794 g/mol.